The van der Waals surface area contributed by atoms with Crippen molar-refractivity contribution in [1.29, 1.82) is 0 Å². The molecule has 0 saturated carbocycles. The number of aromatic nitrogens is 1. The zero-order valence-electron chi connectivity index (χ0n) is 9.63. The second-order valence-corrected chi connectivity index (χ2v) is 3.96. The fourth-order valence-electron chi connectivity index (χ4n) is 1.87. The van der Waals surface area contributed by atoms with Gasteiger partial charge >= 0.3 is 5.97 Å². The van der Waals surface area contributed by atoms with Gasteiger partial charge < -0.3 is 9.52 Å². The molecule has 0 spiro atoms. The Hall–Kier alpha value is -2.69. The number of benzene rings is 2. The molecular formula is C14H8FNO3. The number of oxazole rings is 1. The van der Waals surface area contributed by atoms with E-state index < -0.39 is 11.8 Å². The van der Waals surface area contributed by atoms with Crippen molar-refractivity contribution in [2.45, 2.75) is 0 Å². The molecule has 5 heteroatoms. The van der Waals surface area contributed by atoms with E-state index in [4.69, 9.17) is 9.52 Å². The summed E-state index contributed by atoms with van der Waals surface area (Å²) >= 11 is 0. The molecule has 1 aromatic heterocycles. The fraction of sp³-hybridized carbons (Fsp3) is 0. The van der Waals surface area contributed by atoms with E-state index in [1.54, 1.807) is 24.3 Å². The quantitative estimate of drug-likeness (QED) is 0.764. The molecule has 0 amide bonds. The van der Waals surface area contributed by atoms with Crippen molar-refractivity contribution in [2.24, 2.45) is 0 Å². The third-order valence-electron chi connectivity index (χ3n) is 2.75. The first kappa shape index (κ1) is 11.4. The highest BCUT2D eigenvalue weighted by molar-refractivity contribution is 6.00. The van der Waals surface area contributed by atoms with Crippen LogP contribution in [0.4, 0.5) is 4.39 Å². The topological polar surface area (TPSA) is 63.3 Å². The van der Waals surface area contributed by atoms with Crippen molar-refractivity contribution < 1.29 is 18.7 Å². The van der Waals surface area contributed by atoms with Crippen LogP contribution in [0.1, 0.15) is 10.4 Å². The number of fused-ring (bicyclic) bond motifs is 1. The summed E-state index contributed by atoms with van der Waals surface area (Å²) in [4.78, 5) is 15.1. The Morgan fingerprint density at radius 2 is 1.95 bits per heavy atom. The molecule has 0 radical (unpaired) electrons. The molecule has 3 aromatic rings. The van der Waals surface area contributed by atoms with Crippen LogP contribution in [0.5, 0.6) is 0 Å². The maximum Gasteiger partial charge on any atom is 0.338 e. The monoisotopic (exact) mass is 257 g/mol. The average molecular weight is 257 g/mol. The molecule has 0 aliphatic rings. The number of carbonyl (C=O) groups is 1. The third-order valence-corrected chi connectivity index (χ3v) is 2.75. The zero-order valence-corrected chi connectivity index (χ0v) is 9.63. The van der Waals surface area contributed by atoms with E-state index in [2.05, 4.69) is 4.98 Å². The van der Waals surface area contributed by atoms with Gasteiger partial charge in [-0.25, -0.2) is 14.2 Å². The summed E-state index contributed by atoms with van der Waals surface area (Å²) in [7, 11) is 0. The predicted octanol–water partition coefficient (Wildman–Crippen LogP) is 3.33. The lowest BCUT2D eigenvalue weighted by Gasteiger charge is -1.95. The first-order valence-corrected chi connectivity index (χ1v) is 5.54. The van der Waals surface area contributed by atoms with Crippen molar-refractivity contribution in [1.82, 2.24) is 4.98 Å². The molecule has 0 fully saturated rings. The molecule has 0 saturated heterocycles. The minimum Gasteiger partial charge on any atom is -0.478 e. The van der Waals surface area contributed by atoms with E-state index in [1.165, 1.54) is 18.2 Å². The molecule has 0 aliphatic heterocycles. The van der Waals surface area contributed by atoms with Crippen molar-refractivity contribution in [3.8, 4) is 11.5 Å². The van der Waals surface area contributed by atoms with Crippen LogP contribution in [0.2, 0.25) is 0 Å². The van der Waals surface area contributed by atoms with Gasteiger partial charge in [0.1, 0.15) is 11.3 Å². The van der Waals surface area contributed by atoms with Gasteiger partial charge in [0.15, 0.2) is 5.58 Å². The first-order valence-electron chi connectivity index (χ1n) is 5.54. The van der Waals surface area contributed by atoms with Gasteiger partial charge in [-0.1, -0.05) is 18.2 Å². The Morgan fingerprint density at radius 1 is 1.16 bits per heavy atom. The van der Waals surface area contributed by atoms with E-state index in [-0.39, 0.29) is 22.5 Å². The summed E-state index contributed by atoms with van der Waals surface area (Å²) in [5, 5.41) is 9.06. The largest absolute Gasteiger partial charge is 0.478 e. The molecule has 0 aliphatic carbocycles. The smallest absolute Gasteiger partial charge is 0.338 e. The van der Waals surface area contributed by atoms with Gasteiger partial charge in [-0.15, -0.1) is 0 Å². The maximum atomic E-state index is 13.6. The van der Waals surface area contributed by atoms with Gasteiger partial charge in [0.05, 0.1) is 11.1 Å². The van der Waals surface area contributed by atoms with E-state index >= 15 is 0 Å². The van der Waals surface area contributed by atoms with Gasteiger partial charge in [0.2, 0.25) is 5.89 Å². The molecule has 0 unspecified atom stereocenters. The SMILES string of the molecule is O=C(O)c1cccc2oc(-c3ccccc3F)nc12. The number of hydrogen-bond donors (Lipinski definition) is 1. The Balaban J connectivity index is 2.26. The number of nitrogens with zero attached hydrogens (tertiary/aromatic N) is 1. The molecule has 94 valence electrons. The number of carboxylic acid groups (broad SMARTS) is 1. The third kappa shape index (κ3) is 1.85. The van der Waals surface area contributed by atoms with Gasteiger partial charge in [-0.2, -0.15) is 0 Å². The van der Waals surface area contributed by atoms with Crippen LogP contribution in [0, 0.1) is 5.82 Å². The van der Waals surface area contributed by atoms with Gasteiger partial charge in [0.25, 0.3) is 0 Å². The Morgan fingerprint density at radius 3 is 2.68 bits per heavy atom. The predicted molar refractivity (Wildman–Crippen MR) is 66.4 cm³/mol. The van der Waals surface area contributed by atoms with Crippen LogP contribution in [0.15, 0.2) is 46.9 Å². The van der Waals surface area contributed by atoms with Crippen molar-refractivity contribution in [2.75, 3.05) is 0 Å². The molecule has 0 atom stereocenters. The van der Waals surface area contributed by atoms with Crippen LogP contribution < -0.4 is 0 Å². The Kier molecular flexibility index (Phi) is 2.52. The summed E-state index contributed by atoms with van der Waals surface area (Å²) < 4.78 is 19.1. The number of para-hydroxylation sites is 1. The molecule has 3 rings (SSSR count). The van der Waals surface area contributed by atoms with Crippen molar-refractivity contribution >= 4 is 17.1 Å². The van der Waals surface area contributed by atoms with Crippen LogP contribution in [-0.4, -0.2) is 16.1 Å². The number of hydrogen-bond acceptors (Lipinski definition) is 3. The van der Waals surface area contributed by atoms with Crippen molar-refractivity contribution in [3.63, 3.8) is 0 Å². The normalized spacial score (nSPS) is 10.8. The van der Waals surface area contributed by atoms with E-state index in [0.29, 0.717) is 5.58 Å². The standard InChI is InChI=1S/C14H8FNO3/c15-10-6-2-1-4-8(10)13-16-12-9(14(17)18)5-3-7-11(12)19-13/h1-7H,(H,17,18). The first-order chi connectivity index (χ1) is 9.16. The highest BCUT2D eigenvalue weighted by Crippen LogP contribution is 2.27. The van der Waals surface area contributed by atoms with Crippen LogP contribution >= 0.6 is 0 Å². The highest BCUT2D eigenvalue weighted by atomic mass is 19.1. The minimum absolute atomic E-state index is 0.0313. The molecular weight excluding hydrogens is 249 g/mol. The second kappa shape index (κ2) is 4.20. The molecule has 0 bridgehead atoms. The maximum absolute atomic E-state index is 13.6. The average Bonchev–Trinajstić information content (AvgIpc) is 2.82. The van der Waals surface area contributed by atoms with E-state index in [9.17, 15) is 9.18 Å². The zero-order chi connectivity index (χ0) is 13.4. The molecule has 2 aromatic carbocycles. The second-order valence-electron chi connectivity index (χ2n) is 3.96. The molecule has 4 nitrogen and oxygen atoms in total. The lowest BCUT2D eigenvalue weighted by Crippen LogP contribution is -1.96. The molecule has 1 N–H and O–H groups in total. The Bertz CT molecular complexity index is 779. The molecule has 19 heavy (non-hydrogen) atoms. The van der Waals surface area contributed by atoms with Crippen LogP contribution in [-0.2, 0) is 0 Å². The van der Waals surface area contributed by atoms with E-state index in [0.717, 1.165) is 0 Å². The summed E-state index contributed by atoms with van der Waals surface area (Å²) in [6, 6.07) is 10.6. The van der Waals surface area contributed by atoms with Crippen molar-refractivity contribution in [3.05, 3.63) is 53.8 Å². The van der Waals surface area contributed by atoms with Crippen LogP contribution in [0.3, 0.4) is 0 Å². The summed E-state index contributed by atoms with van der Waals surface area (Å²) in [6.07, 6.45) is 0. The molecule has 1 heterocycles. The minimum atomic E-state index is -1.10. The highest BCUT2D eigenvalue weighted by Gasteiger charge is 2.16. The van der Waals surface area contributed by atoms with E-state index in [1.807, 2.05) is 0 Å². The van der Waals surface area contributed by atoms with Crippen LogP contribution in [0.25, 0.3) is 22.6 Å². The summed E-state index contributed by atoms with van der Waals surface area (Å²) in [5.41, 5.74) is 0.769. The van der Waals surface area contributed by atoms with Gasteiger partial charge in [0, 0.05) is 0 Å². The number of rotatable bonds is 2. The van der Waals surface area contributed by atoms with Gasteiger partial charge in [-0.3, -0.25) is 0 Å². The Labute approximate surface area is 107 Å². The fourth-order valence-corrected chi connectivity index (χ4v) is 1.87. The summed E-state index contributed by atoms with van der Waals surface area (Å²) in [6.45, 7) is 0. The summed E-state index contributed by atoms with van der Waals surface area (Å²) in [5.74, 6) is -1.49. The lowest BCUT2D eigenvalue weighted by molar-refractivity contribution is 0.0699. The lowest BCUT2D eigenvalue weighted by atomic mass is 10.2. The van der Waals surface area contributed by atoms with Gasteiger partial charge in [-0.05, 0) is 24.3 Å². The number of halogens is 1. The number of aromatic carboxylic acids is 1. The number of carboxylic acids is 1.